The summed E-state index contributed by atoms with van der Waals surface area (Å²) < 4.78 is 42.4. The van der Waals surface area contributed by atoms with Gasteiger partial charge in [0.1, 0.15) is 15.9 Å². The fourth-order valence-electron chi connectivity index (χ4n) is 4.48. The van der Waals surface area contributed by atoms with Gasteiger partial charge in [0.15, 0.2) is 5.82 Å². The Kier molecular flexibility index (Phi) is 6.57. The van der Waals surface area contributed by atoms with E-state index in [0.29, 0.717) is 42.1 Å². The smallest absolute Gasteiger partial charge is 0.264 e. The van der Waals surface area contributed by atoms with Gasteiger partial charge in [-0.3, -0.25) is 14.5 Å². The number of amides is 1. The molecule has 3 aromatic carbocycles. The van der Waals surface area contributed by atoms with Crippen LogP contribution in [0.3, 0.4) is 0 Å². The average Bonchev–Trinajstić information content (AvgIpc) is 2.89. The van der Waals surface area contributed by atoms with Crippen molar-refractivity contribution in [3.63, 3.8) is 0 Å². The molecular formula is C26H22ClFN4O4S. The molecule has 8 nitrogen and oxygen atoms in total. The molecule has 0 atom stereocenters. The van der Waals surface area contributed by atoms with Crippen LogP contribution in [0.2, 0.25) is 5.02 Å². The van der Waals surface area contributed by atoms with Crippen LogP contribution in [0.15, 0.2) is 78.0 Å². The predicted octanol–water partition coefficient (Wildman–Crippen LogP) is 4.35. The monoisotopic (exact) mass is 540 g/mol. The first-order valence-electron chi connectivity index (χ1n) is 11.5. The zero-order valence-electron chi connectivity index (χ0n) is 19.4. The second kappa shape index (κ2) is 9.70. The van der Waals surface area contributed by atoms with Crippen LogP contribution in [0.4, 0.5) is 10.1 Å². The standard InChI is InChI=1S/C26H22ClFN4O4S/c27-20-4-2-1-3-19(20)26(34)11-15-32(16-12-26)25(33)17-5-7-18(8-6-17)31-37(35,36)22-10-9-21(28)23-24(22)30-14-13-29-23/h1-10,13-14,31,34H,11-12,15-16H2. The summed E-state index contributed by atoms with van der Waals surface area (Å²) in [6, 6.07) is 15.3. The summed E-state index contributed by atoms with van der Waals surface area (Å²) in [5.74, 6) is -0.900. The summed E-state index contributed by atoms with van der Waals surface area (Å²) in [5, 5.41) is 11.6. The summed E-state index contributed by atoms with van der Waals surface area (Å²) in [5.41, 5.74) is -0.0706. The van der Waals surface area contributed by atoms with Crippen molar-refractivity contribution in [2.24, 2.45) is 0 Å². The van der Waals surface area contributed by atoms with E-state index in [1.54, 1.807) is 23.1 Å². The zero-order chi connectivity index (χ0) is 26.2. The molecule has 1 amide bonds. The minimum absolute atomic E-state index is 0.0800. The van der Waals surface area contributed by atoms with Crippen molar-refractivity contribution in [2.45, 2.75) is 23.3 Å². The molecule has 11 heteroatoms. The molecule has 1 aliphatic heterocycles. The zero-order valence-corrected chi connectivity index (χ0v) is 21.0. The van der Waals surface area contributed by atoms with Crippen molar-refractivity contribution in [1.29, 1.82) is 0 Å². The van der Waals surface area contributed by atoms with E-state index in [1.807, 2.05) is 6.07 Å². The van der Waals surface area contributed by atoms with Crippen molar-refractivity contribution in [3.8, 4) is 0 Å². The molecule has 2 heterocycles. The topological polar surface area (TPSA) is 112 Å². The maximum atomic E-state index is 14.0. The number of carbonyl (C=O) groups is 1. The molecule has 1 aromatic heterocycles. The lowest BCUT2D eigenvalue weighted by atomic mass is 9.84. The van der Waals surface area contributed by atoms with E-state index in [-0.39, 0.29) is 27.5 Å². The number of piperidine rings is 1. The van der Waals surface area contributed by atoms with E-state index in [4.69, 9.17) is 11.6 Å². The summed E-state index contributed by atoms with van der Waals surface area (Å²) in [6.07, 6.45) is 3.26. The average molecular weight is 541 g/mol. The molecule has 2 N–H and O–H groups in total. The SMILES string of the molecule is O=C(c1ccc(NS(=O)(=O)c2ccc(F)c3nccnc23)cc1)N1CCC(O)(c2ccccc2Cl)CC1. The van der Waals surface area contributed by atoms with Gasteiger partial charge in [-0.05, 0) is 55.3 Å². The number of hydrogen-bond acceptors (Lipinski definition) is 6. The fraction of sp³-hybridized carbons (Fsp3) is 0.192. The number of hydrogen-bond donors (Lipinski definition) is 2. The van der Waals surface area contributed by atoms with E-state index in [9.17, 15) is 22.7 Å². The highest BCUT2D eigenvalue weighted by atomic mass is 35.5. The molecule has 1 aliphatic rings. The highest BCUT2D eigenvalue weighted by Gasteiger charge is 2.37. The van der Waals surface area contributed by atoms with E-state index < -0.39 is 21.4 Å². The Bertz CT molecular complexity index is 1590. The summed E-state index contributed by atoms with van der Waals surface area (Å²) in [6.45, 7) is 0.682. The Balaban J connectivity index is 1.28. The van der Waals surface area contributed by atoms with Crippen LogP contribution in [-0.4, -0.2) is 47.4 Å². The van der Waals surface area contributed by atoms with Gasteiger partial charge in [-0.25, -0.2) is 17.8 Å². The molecule has 0 radical (unpaired) electrons. The molecule has 37 heavy (non-hydrogen) atoms. The van der Waals surface area contributed by atoms with Crippen molar-refractivity contribution in [3.05, 3.63) is 95.0 Å². The maximum Gasteiger partial charge on any atom is 0.264 e. The summed E-state index contributed by atoms with van der Waals surface area (Å²) in [7, 11) is -4.11. The number of nitrogens with zero attached hydrogens (tertiary/aromatic N) is 3. The van der Waals surface area contributed by atoms with Crippen molar-refractivity contribution >= 4 is 44.3 Å². The third kappa shape index (κ3) is 4.87. The van der Waals surface area contributed by atoms with Gasteiger partial charge in [-0.1, -0.05) is 29.8 Å². The largest absolute Gasteiger partial charge is 0.385 e. The van der Waals surface area contributed by atoms with E-state index in [1.165, 1.54) is 36.7 Å². The second-order valence-electron chi connectivity index (χ2n) is 8.79. The molecule has 4 aromatic rings. The third-order valence-corrected chi connectivity index (χ3v) is 8.21. The van der Waals surface area contributed by atoms with Gasteiger partial charge < -0.3 is 10.0 Å². The van der Waals surface area contributed by atoms with Gasteiger partial charge in [0.25, 0.3) is 15.9 Å². The number of benzene rings is 3. The molecule has 1 saturated heterocycles. The number of likely N-dealkylation sites (tertiary alicyclic amines) is 1. The van der Waals surface area contributed by atoms with Crippen molar-refractivity contribution < 1.29 is 22.7 Å². The summed E-state index contributed by atoms with van der Waals surface area (Å²) >= 11 is 6.26. The first-order valence-corrected chi connectivity index (χ1v) is 13.3. The molecule has 190 valence electrons. The fourth-order valence-corrected chi connectivity index (χ4v) is 6.00. The number of rotatable bonds is 5. The molecule has 0 bridgehead atoms. The van der Waals surface area contributed by atoms with Crippen LogP contribution in [0, 0.1) is 5.82 Å². The minimum Gasteiger partial charge on any atom is -0.385 e. The van der Waals surface area contributed by atoms with Gasteiger partial charge in [0, 0.05) is 47.3 Å². The number of aliphatic hydroxyl groups is 1. The van der Waals surface area contributed by atoms with Crippen LogP contribution in [-0.2, 0) is 15.6 Å². The number of carbonyl (C=O) groups excluding carboxylic acids is 1. The lowest BCUT2D eigenvalue weighted by Gasteiger charge is -2.39. The third-order valence-electron chi connectivity index (χ3n) is 6.47. The lowest BCUT2D eigenvalue weighted by Crippen LogP contribution is -2.45. The van der Waals surface area contributed by atoms with Gasteiger partial charge in [0.05, 0.1) is 5.60 Å². The van der Waals surface area contributed by atoms with E-state index in [2.05, 4.69) is 14.7 Å². The Morgan fingerprint density at radius 3 is 2.30 bits per heavy atom. The number of halogens is 2. The second-order valence-corrected chi connectivity index (χ2v) is 10.8. The maximum absolute atomic E-state index is 14.0. The highest BCUT2D eigenvalue weighted by Crippen LogP contribution is 2.37. The Hall–Kier alpha value is -3.60. The molecule has 0 saturated carbocycles. The van der Waals surface area contributed by atoms with E-state index in [0.717, 1.165) is 12.1 Å². The number of fused-ring (bicyclic) bond motifs is 1. The number of sulfonamides is 1. The quantitative estimate of drug-likeness (QED) is 0.389. The Morgan fingerprint density at radius 1 is 0.973 bits per heavy atom. The Morgan fingerprint density at radius 2 is 1.62 bits per heavy atom. The van der Waals surface area contributed by atoms with Crippen LogP contribution >= 0.6 is 11.6 Å². The molecular weight excluding hydrogens is 519 g/mol. The van der Waals surface area contributed by atoms with Crippen molar-refractivity contribution in [2.75, 3.05) is 17.8 Å². The van der Waals surface area contributed by atoms with Gasteiger partial charge in [-0.2, -0.15) is 0 Å². The number of aromatic nitrogens is 2. The van der Waals surface area contributed by atoms with Crippen LogP contribution in [0.25, 0.3) is 11.0 Å². The molecule has 0 unspecified atom stereocenters. The molecule has 1 fully saturated rings. The first-order chi connectivity index (χ1) is 17.7. The number of nitrogens with one attached hydrogen (secondary N) is 1. The van der Waals surface area contributed by atoms with Gasteiger partial charge in [-0.15, -0.1) is 0 Å². The molecule has 5 rings (SSSR count). The minimum atomic E-state index is -4.11. The number of anilines is 1. The molecule has 0 spiro atoms. The highest BCUT2D eigenvalue weighted by molar-refractivity contribution is 7.93. The van der Waals surface area contributed by atoms with Crippen LogP contribution < -0.4 is 4.72 Å². The predicted molar refractivity (Wildman–Crippen MR) is 137 cm³/mol. The molecule has 0 aliphatic carbocycles. The summed E-state index contributed by atoms with van der Waals surface area (Å²) in [4.78, 5) is 22.3. The Labute approximate surface area is 217 Å². The van der Waals surface area contributed by atoms with Crippen LogP contribution in [0.5, 0.6) is 0 Å². The normalized spacial score (nSPS) is 15.5. The van der Waals surface area contributed by atoms with Gasteiger partial charge in [0.2, 0.25) is 0 Å². The van der Waals surface area contributed by atoms with Crippen molar-refractivity contribution in [1.82, 2.24) is 14.9 Å². The van der Waals surface area contributed by atoms with E-state index >= 15 is 0 Å². The first kappa shape index (κ1) is 25.1. The van der Waals surface area contributed by atoms with Crippen LogP contribution in [0.1, 0.15) is 28.8 Å². The lowest BCUT2D eigenvalue weighted by molar-refractivity contribution is -0.0210. The van der Waals surface area contributed by atoms with Gasteiger partial charge >= 0.3 is 0 Å².